The highest BCUT2D eigenvalue weighted by Gasteiger charge is 2.50. The van der Waals surface area contributed by atoms with Crippen LogP contribution in [-0.2, 0) is 31.4 Å². The number of Topliss-reactive ketones (excluding diaryl/α,β-unsaturated/α-hetero) is 1. The molecule has 7 atom stereocenters. The van der Waals surface area contributed by atoms with Crippen LogP contribution in [0.3, 0.4) is 0 Å². The van der Waals surface area contributed by atoms with Gasteiger partial charge in [0.2, 0.25) is 10.0 Å². The zero-order chi connectivity index (χ0) is 36.7. The number of nitrogens with zero attached hydrogens (tertiary/aromatic N) is 2. The van der Waals surface area contributed by atoms with Gasteiger partial charge in [0, 0.05) is 55.1 Å². The van der Waals surface area contributed by atoms with E-state index in [1.54, 1.807) is 32.2 Å². The van der Waals surface area contributed by atoms with Gasteiger partial charge in [0.25, 0.3) is 5.91 Å². The van der Waals surface area contributed by atoms with Crippen molar-refractivity contribution in [3.63, 3.8) is 0 Å². The van der Waals surface area contributed by atoms with Crippen molar-refractivity contribution in [2.45, 2.75) is 82.0 Å². The number of hydrogen-bond donors (Lipinski definition) is 1. The Balaban J connectivity index is 1.45. The summed E-state index contributed by atoms with van der Waals surface area (Å²) >= 11 is 6.47. The van der Waals surface area contributed by atoms with Crippen LogP contribution in [0, 0.1) is 23.7 Å². The normalized spacial score (nSPS) is 31.7. The van der Waals surface area contributed by atoms with E-state index in [1.807, 2.05) is 51.1 Å². The van der Waals surface area contributed by atoms with Gasteiger partial charge in [-0.15, -0.1) is 0 Å². The summed E-state index contributed by atoms with van der Waals surface area (Å²) in [6.45, 7) is 7.93. The molecule has 278 valence electrons. The van der Waals surface area contributed by atoms with Gasteiger partial charge in [-0.1, -0.05) is 43.7 Å². The zero-order valence-electron chi connectivity index (χ0n) is 30.9. The number of carbonyl (C=O) groups is 2. The van der Waals surface area contributed by atoms with E-state index in [-0.39, 0.29) is 46.9 Å². The second-order valence-corrected chi connectivity index (χ2v) is 18.5. The molecule has 4 aliphatic rings. The average molecular weight is 740 g/mol. The second-order valence-electron chi connectivity index (χ2n) is 16.0. The minimum atomic E-state index is -4.00. The Bertz CT molecular complexity index is 1780. The van der Waals surface area contributed by atoms with E-state index in [2.05, 4.69) is 21.8 Å². The molecular weight excluding hydrogens is 686 g/mol. The van der Waals surface area contributed by atoms with Crippen molar-refractivity contribution >= 4 is 39.0 Å². The highest BCUT2D eigenvalue weighted by atomic mass is 35.5. The van der Waals surface area contributed by atoms with Gasteiger partial charge in [-0.05, 0) is 119 Å². The maximum absolute atomic E-state index is 13.9. The van der Waals surface area contributed by atoms with E-state index in [0.29, 0.717) is 38.4 Å². The monoisotopic (exact) mass is 739 g/mol. The maximum Gasteiger partial charge on any atom is 0.264 e. The number of aryl methyl sites for hydroxylation is 1. The Labute approximate surface area is 309 Å². The number of anilines is 1. The molecule has 0 unspecified atom stereocenters. The molecule has 2 heterocycles. The van der Waals surface area contributed by atoms with Crippen LogP contribution in [0.4, 0.5) is 5.69 Å². The van der Waals surface area contributed by atoms with Crippen molar-refractivity contribution in [1.29, 1.82) is 0 Å². The van der Waals surface area contributed by atoms with E-state index < -0.39 is 26.8 Å². The Morgan fingerprint density at radius 2 is 1.96 bits per heavy atom. The second kappa shape index (κ2) is 14.8. The summed E-state index contributed by atoms with van der Waals surface area (Å²) in [6, 6.07) is 11.4. The first-order valence-electron chi connectivity index (χ1n) is 18.4. The summed E-state index contributed by atoms with van der Waals surface area (Å²) in [7, 11) is 1.65. The van der Waals surface area contributed by atoms with Crippen LogP contribution < -0.4 is 14.4 Å². The van der Waals surface area contributed by atoms with Crippen molar-refractivity contribution in [2.24, 2.45) is 23.7 Å². The molecule has 2 bridgehead atoms. The van der Waals surface area contributed by atoms with E-state index in [9.17, 15) is 18.0 Å². The molecule has 2 aromatic rings. The third-order valence-electron chi connectivity index (χ3n) is 12.3. The lowest BCUT2D eigenvalue weighted by molar-refractivity contribution is -0.134. The van der Waals surface area contributed by atoms with Crippen molar-refractivity contribution in [2.75, 3.05) is 52.3 Å². The van der Waals surface area contributed by atoms with Gasteiger partial charge in [0.05, 0.1) is 23.1 Å². The van der Waals surface area contributed by atoms with Gasteiger partial charge in [-0.3, -0.25) is 9.59 Å². The number of carbonyl (C=O) groups excluding carboxylic acids is 2. The van der Waals surface area contributed by atoms with Crippen LogP contribution >= 0.6 is 11.6 Å². The van der Waals surface area contributed by atoms with Crippen LogP contribution in [0.1, 0.15) is 80.8 Å². The Morgan fingerprint density at radius 3 is 2.67 bits per heavy atom. The number of amides is 1. The molecule has 51 heavy (non-hydrogen) atoms. The SMILES string of the molecule is CO[C@@]1(CC(=O)[C@@H](C)CN(C)C)/C=C/C[C@H](C)[C@@H](C)S(=O)(=O)NC(=O)c2ccc3c(c2)N(C[C@@H]2CC[C@H]21)C[C@@]1(CCCc2cc(Cl)ccc21)CO3. The molecule has 6 rings (SSSR count). The summed E-state index contributed by atoms with van der Waals surface area (Å²) in [5.41, 5.74) is 2.36. The quantitative estimate of drug-likeness (QED) is 0.339. The van der Waals surface area contributed by atoms with E-state index >= 15 is 0 Å². The van der Waals surface area contributed by atoms with Gasteiger partial charge in [0.15, 0.2) is 0 Å². The molecule has 1 spiro atoms. The van der Waals surface area contributed by atoms with Crippen LogP contribution in [0.15, 0.2) is 48.6 Å². The van der Waals surface area contributed by atoms with Gasteiger partial charge in [-0.25, -0.2) is 13.1 Å². The number of rotatable bonds is 6. The molecule has 1 N–H and O–H groups in total. The minimum Gasteiger partial charge on any atom is -0.490 e. The minimum absolute atomic E-state index is 0.0612. The van der Waals surface area contributed by atoms with Crippen LogP contribution in [-0.4, -0.2) is 83.3 Å². The Morgan fingerprint density at radius 1 is 1.18 bits per heavy atom. The number of hydrogen-bond acceptors (Lipinski definition) is 8. The van der Waals surface area contributed by atoms with Crippen LogP contribution in [0.2, 0.25) is 5.02 Å². The standard InChI is InChI=1S/C40H54ClN3O6S/c1-26-9-7-18-40(49-6,21-36(45)27(2)22-43(4)5)34-14-11-31(34)23-44-24-39(17-8-10-29-19-32(41)13-15-33(29)39)25-50-37-16-12-30(20-35(37)44)38(46)42-51(47,48)28(26)3/h7,12-13,15-16,18-20,26-28,31,34H,8-11,14,17,21-25H2,1-6H3,(H,42,46)/b18-7+/t26-,27-,28+,31-,34+,39-,40+/m0/s1. The summed E-state index contributed by atoms with van der Waals surface area (Å²) in [5.74, 6) is -0.0411. The van der Waals surface area contributed by atoms with Crippen LogP contribution in [0.5, 0.6) is 5.75 Å². The third-order valence-corrected chi connectivity index (χ3v) is 14.4. The smallest absolute Gasteiger partial charge is 0.264 e. The maximum atomic E-state index is 13.9. The molecule has 9 nitrogen and oxygen atoms in total. The molecule has 1 fully saturated rings. The van der Waals surface area contributed by atoms with E-state index in [0.717, 1.165) is 42.8 Å². The topological polar surface area (TPSA) is 105 Å². The van der Waals surface area contributed by atoms with Crippen molar-refractivity contribution in [3.8, 4) is 5.75 Å². The molecule has 0 radical (unpaired) electrons. The van der Waals surface area contributed by atoms with E-state index in [1.165, 1.54) is 11.1 Å². The fraction of sp³-hybridized carbons (Fsp3) is 0.600. The van der Waals surface area contributed by atoms with Crippen molar-refractivity contribution < 1.29 is 27.5 Å². The number of allylic oxidation sites excluding steroid dienone is 1. The number of nitrogens with one attached hydrogen (secondary N) is 1. The Kier molecular flexibility index (Phi) is 11.0. The van der Waals surface area contributed by atoms with Crippen LogP contribution in [0.25, 0.3) is 0 Å². The Hall–Kier alpha value is -2.92. The summed E-state index contributed by atoms with van der Waals surface area (Å²) < 4.78 is 42.5. The lowest BCUT2D eigenvalue weighted by Gasteiger charge is -2.50. The molecule has 0 aromatic heterocycles. The fourth-order valence-electron chi connectivity index (χ4n) is 8.93. The largest absolute Gasteiger partial charge is 0.490 e. The number of benzene rings is 2. The molecule has 2 aromatic carbocycles. The molecular formula is C40H54ClN3O6S. The number of sulfonamides is 1. The predicted molar refractivity (Wildman–Crippen MR) is 202 cm³/mol. The lowest BCUT2D eigenvalue weighted by atomic mass is 9.62. The summed E-state index contributed by atoms with van der Waals surface area (Å²) in [4.78, 5) is 31.8. The highest BCUT2D eigenvalue weighted by Crippen LogP contribution is 2.50. The molecule has 2 aliphatic heterocycles. The van der Waals surface area contributed by atoms with Gasteiger partial charge < -0.3 is 19.3 Å². The van der Waals surface area contributed by atoms with Gasteiger partial charge in [0.1, 0.15) is 11.5 Å². The van der Waals surface area contributed by atoms with Gasteiger partial charge >= 0.3 is 0 Å². The molecule has 1 amide bonds. The number of halogens is 1. The van der Waals surface area contributed by atoms with Gasteiger partial charge in [-0.2, -0.15) is 0 Å². The third kappa shape index (κ3) is 7.62. The number of fused-ring (bicyclic) bond motifs is 4. The number of methoxy groups -OCH3 is 1. The number of ether oxygens (including phenoxy) is 2. The van der Waals surface area contributed by atoms with E-state index in [4.69, 9.17) is 21.1 Å². The molecule has 0 saturated heterocycles. The first-order valence-corrected chi connectivity index (χ1v) is 20.4. The molecule has 1 saturated carbocycles. The fourth-order valence-corrected chi connectivity index (χ4v) is 10.4. The summed E-state index contributed by atoms with van der Waals surface area (Å²) in [5, 5.41) is -0.117. The zero-order valence-corrected chi connectivity index (χ0v) is 32.5. The first-order chi connectivity index (χ1) is 24.2. The highest BCUT2D eigenvalue weighted by molar-refractivity contribution is 7.90. The molecule has 11 heteroatoms. The molecule has 2 aliphatic carbocycles. The van der Waals surface area contributed by atoms with Crippen molar-refractivity contribution in [3.05, 3.63) is 70.3 Å². The average Bonchev–Trinajstić information content (AvgIpc) is 3.21. The summed E-state index contributed by atoms with van der Waals surface area (Å²) in [6.07, 6.45) is 9.51. The lowest BCUT2D eigenvalue weighted by Crippen LogP contribution is -2.54. The predicted octanol–water partition coefficient (Wildman–Crippen LogP) is 6.43. The van der Waals surface area contributed by atoms with Crippen molar-refractivity contribution in [1.82, 2.24) is 9.62 Å². The first kappa shape index (κ1) is 37.8. The number of ketones is 1.